The van der Waals surface area contributed by atoms with Crippen molar-refractivity contribution in [3.05, 3.63) is 29.1 Å². The number of carbonyl (C=O) groups is 2. The first-order valence-electron chi connectivity index (χ1n) is 7.22. The molecule has 0 aromatic carbocycles. The molecule has 21 heavy (non-hydrogen) atoms. The number of nitrogens with zero attached hydrogens (tertiary/aromatic N) is 2. The summed E-state index contributed by atoms with van der Waals surface area (Å²) in [5, 5.41) is 3.03. The van der Waals surface area contributed by atoms with E-state index in [0.29, 0.717) is 24.6 Å². The van der Waals surface area contributed by atoms with Gasteiger partial charge in [-0.25, -0.2) is 4.98 Å². The zero-order chi connectivity index (χ0) is 15.4. The third kappa shape index (κ3) is 3.58. The van der Waals surface area contributed by atoms with Crippen LogP contribution in [0.3, 0.4) is 0 Å². The first-order chi connectivity index (χ1) is 10.0. The predicted molar refractivity (Wildman–Crippen MR) is 78.4 cm³/mol. The van der Waals surface area contributed by atoms with Gasteiger partial charge >= 0.3 is 0 Å². The van der Waals surface area contributed by atoms with Crippen LogP contribution < -0.4 is 5.32 Å². The van der Waals surface area contributed by atoms with E-state index in [1.807, 2.05) is 21.0 Å². The first kappa shape index (κ1) is 15.4. The minimum Gasteiger partial charge on any atom is -0.436 e. The lowest BCUT2D eigenvalue weighted by Gasteiger charge is -2.13. The van der Waals surface area contributed by atoms with Gasteiger partial charge in [-0.3, -0.25) is 9.59 Å². The smallest absolute Gasteiger partial charge is 0.231 e. The third-order valence-electron chi connectivity index (χ3n) is 3.28. The van der Waals surface area contributed by atoms with Crippen LogP contribution in [0.1, 0.15) is 46.7 Å². The van der Waals surface area contributed by atoms with E-state index in [2.05, 4.69) is 15.2 Å². The summed E-state index contributed by atoms with van der Waals surface area (Å²) in [7, 11) is 4.05. The molecule has 0 saturated carbocycles. The second-order valence-electron chi connectivity index (χ2n) is 5.33. The Balaban J connectivity index is 1.96. The van der Waals surface area contributed by atoms with Crippen LogP contribution >= 0.6 is 0 Å². The Bertz CT molecular complexity index is 573. The zero-order valence-electron chi connectivity index (χ0n) is 12.7. The predicted octanol–water partition coefficient (Wildman–Crippen LogP) is 1.43. The van der Waals surface area contributed by atoms with Crippen LogP contribution in [0.25, 0.3) is 0 Å². The minimum atomic E-state index is -0.299. The number of nitrogens with one attached hydrogen (secondary N) is 1. The summed E-state index contributed by atoms with van der Waals surface area (Å²) in [6.45, 7) is 3.52. The van der Waals surface area contributed by atoms with Gasteiger partial charge in [0.15, 0.2) is 11.6 Å². The summed E-state index contributed by atoms with van der Waals surface area (Å²) in [4.78, 5) is 30.4. The molecule has 0 atom stereocenters. The number of oxazole rings is 1. The standard InChI is InChI=1S/C15H21N3O3/c1-4-12-17-13-14(20)10(9-11(19)15(13)21-12)16-7-5-6-8-18(2)3/h9,16H,4-8H2,1-3H3. The van der Waals surface area contributed by atoms with Crippen LogP contribution in [0.2, 0.25) is 0 Å². The van der Waals surface area contributed by atoms with Crippen molar-refractivity contribution in [2.24, 2.45) is 0 Å². The van der Waals surface area contributed by atoms with E-state index in [9.17, 15) is 9.59 Å². The molecule has 1 N–H and O–H groups in total. The molecular weight excluding hydrogens is 270 g/mol. The molecule has 0 aliphatic heterocycles. The summed E-state index contributed by atoms with van der Waals surface area (Å²) in [5.41, 5.74) is 0.448. The van der Waals surface area contributed by atoms with Crippen molar-refractivity contribution in [1.29, 1.82) is 0 Å². The highest BCUT2D eigenvalue weighted by molar-refractivity contribution is 6.22. The number of aryl methyl sites for hydroxylation is 1. The summed E-state index contributed by atoms with van der Waals surface area (Å²) >= 11 is 0. The lowest BCUT2D eigenvalue weighted by molar-refractivity contribution is 0.0959. The van der Waals surface area contributed by atoms with Gasteiger partial charge in [-0.15, -0.1) is 0 Å². The van der Waals surface area contributed by atoms with Gasteiger partial charge in [0.25, 0.3) is 0 Å². The van der Waals surface area contributed by atoms with Gasteiger partial charge in [0.05, 0.1) is 5.70 Å². The monoisotopic (exact) mass is 291 g/mol. The number of hydrogen-bond donors (Lipinski definition) is 1. The van der Waals surface area contributed by atoms with E-state index in [1.54, 1.807) is 0 Å². The number of rotatable bonds is 7. The lowest BCUT2D eigenvalue weighted by Crippen LogP contribution is -2.27. The molecule has 1 aromatic heterocycles. The fourth-order valence-electron chi connectivity index (χ4n) is 2.13. The number of allylic oxidation sites excluding steroid dienone is 2. The quantitative estimate of drug-likeness (QED) is 0.766. The highest BCUT2D eigenvalue weighted by atomic mass is 16.4. The van der Waals surface area contributed by atoms with Crippen molar-refractivity contribution in [2.45, 2.75) is 26.2 Å². The second kappa shape index (κ2) is 6.67. The molecule has 0 spiro atoms. The number of ketones is 2. The van der Waals surface area contributed by atoms with Crippen molar-refractivity contribution >= 4 is 11.6 Å². The summed E-state index contributed by atoms with van der Waals surface area (Å²) < 4.78 is 5.30. The molecule has 0 bridgehead atoms. The fraction of sp³-hybridized carbons (Fsp3) is 0.533. The molecular formula is C15H21N3O3. The van der Waals surface area contributed by atoms with Gasteiger partial charge in [-0.05, 0) is 33.5 Å². The van der Waals surface area contributed by atoms with Crippen LogP contribution in [0.4, 0.5) is 0 Å². The van der Waals surface area contributed by atoms with Gasteiger partial charge in [-0.1, -0.05) is 6.92 Å². The molecule has 0 fully saturated rings. The molecule has 0 saturated heterocycles. The van der Waals surface area contributed by atoms with Crippen molar-refractivity contribution in [1.82, 2.24) is 15.2 Å². The maximum absolute atomic E-state index is 12.2. The van der Waals surface area contributed by atoms with E-state index in [-0.39, 0.29) is 23.0 Å². The molecule has 1 heterocycles. The van der Waals surface area contributed by atoms with Gasteiger partial charge in [0, 0.05) is 19.0 Å². The Morgan fingerprint density at radius 3 is 2.71 bits per heavy atom. The maximum atomic E-state index is 12.2. The van der Waals surface area contributed by atoms with Gasteiger partial charge < -0.3 is 14.6 Å². The molecule has 2 rings (SSSR count). The molecule has 6 nitrogen and oxygen atoms in total. The van der Waals surface area contributed by atoms with E-state index in [1.165, 1.54) is 6.08 Å². The highest BCUT2D eigenvalue weighted by Crippen LogP contribution is 2.21. The average Bonchev–Trinajstić information content (AvgIpc) is 2.88. The van der Waals surface area contributed by atoms with Crippen molar-refractivity contribution < 1.29 is 14.0 Å². The summed E-state index contributed by atoms with van der Waals surface area (Å²) in [5.74, 6) is -0.0782. The summed E-state index contributed by atoms with van der Waals surface area (Å²) in [6, 6.07) is 0. The maximum Gasteiger partial charge on any atom is 0.231 e. The van der Waals surface area contributed by atoms with E-state index >= 15 is 0 Å². The Morgan fingerprint density at radius 1 is 1.29 bits per heavy atom. The fourth-order valence-corrected chi connectivity index (χ4v) is 2.13. The van der Waals surface area contributed by atoms with Crippen molar-refractivity contribution in [3.8, 4) is 0 Å². The van der Waals surface area contributed by atoms with Crippen molar-refractivity contribution in [2.75, 3.05) is 27.2 Å². The Labute approximate surface area is 124 Å². The molecule has 6 heteroatoms. The van der Waals surface area contributed by atoms with Crippen LogP contribution in [0.15, 0.2) is 16.2 Å². The molecule has 114 valence electrons. The van der Waals surface area contributed by atoms with Crippen LogP contribution in [0, 0.1) is 0 Å². The van der Waals surface area contributed by atoms with Crippen molar-refractivity contribution in [3.63, 3.8) is 0 Å². The van der Waals surface area contributed by atoms with Crippen LogP contribution in [-0.2, 0) is 6.42 Å². The minimum absolute atomic E-state index is 0.0648. The second-order valence-corrected chi connectivity index (χ2v) is 5.33. The van der Waals surface area contributed by atoms with E-state index in [4.69, 9.17) is 4.42 Å². The normalized spacial score (nSPS) is 14.4. The SMILES string of the molecule is CCc1nc2c(o1)C(=O)C=C(NCCCCN(C)C)C2=O. The lowest BCUT2D eigenvalue weighted by atomic mass is 10.0. The van der Waals surface area contributed by atoms with E-state index in [0.717, 1.165) is 19.4 Å². The number of Topliss-reactive ketones (excluding diaryl/α,β-unsaturated/α-hetero) is 1. The first-order valence-corrected chi connectivity index (χ1v) is 7.22. The number of aromatic nitrogens is 1. The highest BCUT2D eigenvalue weighted by Gasteiger charge is 2.31. The third-order valence-corrected chi connectivity index (χ3v) is 3.28. The number of hydrogen-bond acceptors (Lipinski definition) is 6. The zero-order valence-corrected chi connectivity index (χ0v) is 12.7. The Kier molecular flexibility index (Phi) is 4.90. The van der Waals surface area contributed by atoms with E-state index < -0.39 is 0 Å². The largest absolute Gasteiger partial charge is 0.436 e. The summed E-state index contributed by atoms with van der Waals surface area (Å²) in [6.07, 6.45) is 3.83. The molecule has 1 aliphatic carbocycles. The molecule has 1 aromatic rings. The Hall–Kier alpha value is -1.95. The molecule has 0 radical (unpaired) electrons. The van der Waals surface area contributed by atoms with Crippen LogP contribution in [-0.4, -0.2) is 48.6 Å². The van der Waals surface area contributed by atoms with Gasteiger partial charge in [0.2, 0.25) is 17.3 Å². The number of carbonyl (C=O) groups excluding carboxylic acids is 2. The molecule has 0 unspecified atom stereocenters. The molecule has 1 aliphatic rings. The topological polar surface area (TPSA) is 75.4 Å². The van der Waals surface area contributed by atoms with Gasteiger partial charge in [0.1, 0.15) is 0 Å². The average molecular weight is 291 g/mol. The molecule has 0 amide bonds. The Morgan fingerprint density at radius 2 is 2.05 bits per heavy atom. The number of fused-ring (bicyclic) bond motifs is 1. The van der Waals surface area contributed by atoms with Gasteiger partial charge in [-0.2, -0.15) is 0 Å². The number of unbranched alkanes of at least 4 members (excludes halogenated alkanes) is 1. The van der Waals surface area contributed by atoms with Crippen LogP contribution in [0.5, 0.6) is 0 Å².